The fraction of sp³-hybridized carbons (Fsp3) is 0.474. The third kappa shape index (κ3) is 4.24. The molecule has 28 heavy (non-hydrogen) atoms. The second-order valence-electron chi connectivity index (χ2n) is 7.05. The molecule has 0 atom stereocenters. The quantitative estimate of drug-likeness (QED) is 0.655. The molecule has 1 saturated carbocycles. The number of aromatic amines is 1. The van der Waals surface area contributed by atoms with Crippen molar-refractivity contribution >= 4 is 23.5 Å². The first-order valence-electron chi connectivity index (χ1n) is 9.29. The van der Waals surface area contributed by atoms with Crippen LogP contribution in [0, 0.1) is 13.8 Å². The normalized spacial score (nSPS) is 14.1. The van der Waals surface area contributed by atoms with E-state index >= 15 is 0 Å². The van der Waals surface area contributed by atoms with Gasteiger partial charge in [-0.25, -0.2) is 4.79 Å². The molecule has 9 nitrogen and oxygen atoms in total. The van der Waals surface area contributed by atoms with E-state index in [0.29, 0.717) is 22.5 Å². The number of nitrogens with zero attached hydrogens (tertiary/aromatic N) is 2. The number of H-pyrrole nitrogens is 1. The molecule has 0 aromatic carbocycles. The molecule has 0 bridgehead atoms. The van der Waals surface area contributed by atoms with Crippen LogP contribution in [0.2, 0.25) is 0 Å². The van der Waals surface area contributed by atoms with E-state index in [1.807, 2.05) is 0 Å². The number of aromatic nitrogens is 3. The van der Waals surface area contributed by atoms with E-state index in [1.54, 1.807) is 20.0 Å². The average molecular weight is 387 g/mol. The number of rotatable bonds is 6. The summed E-state index contributed by atoms with van der Waals surface area (Å²) in [5, 5.41) is 9.85. The van der Waals surface area contributed by atoms with Gasteiger partial charge in [0.25, 0.3) is 5.91 Å². The van der Waals surface area contributed by atoms with Gasteiger partial charge in [-0.3, -0.25) is 14.3 Å². The van der Waals surface area contributed by atoms with Crippen LogP contribution < -0.4 is 10.6 Å². The number of hydrogen-bond acceptors (Lipinski definition) is 5. The van der Waals surface area contributed by atoms with Gasteiger partial charge in [0.15, 0.2) is 0 Å². The molecular formula is C19H25N5O4. The Morgan fingerprint density at radius 1 is 1.29 bits per heavy atom. The van der Waals surface area contributed by atoms with E-state index in [0.717, 1.165) is 25.7 Å². The molecule has 3 N–H and O–H groups in total. The molecule has 3 rings (SSSR count). The Balaban J connectivity index is 1.62. The van der Waals surface area contributed by atoms with Gasteiger partial charge in [0.1, 0.15) is 12.2 Å². The SMILES string of the molecule is COC(=O)c1c(C)[nH]c(C(=O)Nc2cnn(CC(=O)NC3CCCC3)c2)c1C. The summed E-state index contributed by atoms with van der Waals surface area (Å²) in [6.07, 6.45) is 7.42. The van der Waals surface area contributed by atoms with E-state index in [9.17, 15) is 14.4 Å². The molecule has 0 saturated heterocycles. The Morgan fingerprint density at radius 2 is 2.00 bits per heavy atom. The van der Waals surface area contributed by atoms with Crippen molar-refractivity contribution in [3.63, 3.8) is 0 Å². The van der Waals surface area contributed by atoms with Crippen molar-refractivity contribution in [3.05, 3.63) is 34.9 Å². The number of aryl methyl sites for hydroxylation is 1. The number of carbonyl (C=O) groups is 3. The van der Waals surface area contributed by atoms with Gasteiger partial charge in [0, 0.05) is 17.9 Å². The van der Waals surface area contributed by atoms with Crippen LogP contribution in [0.4, 0.5) is 5.69 Å². The molecule has 0 radical (unpaired) electrons. The van der Waals surface area contributed by atoms with Gasteiger partial charge in [-0.05, 0) is 32.3 Å². The summed E-state index contributed by atoms with van der Waals surface area (Å²) in [7, 11) is 1.30. The van der Waals surface area contributed by atoms with Crippen LogP contribution in [0.5, 0.6) is 0 Å². The highest BCUT2D eigenvalue weighted by atomic mass is 16.5. The monoisotopic (exact) mass is 387 g/mol. The summed E-state index contributed by atoms with van der Waals surface area (Å²) in [5.41, 5.74) is 2.18. The van der Waals surface area contributed by atoms with Gasteiger partial charge < -0.3 is 20.4 Å². The van der Waals surface area contributed by atoms with Gasteiger partial charge in [0.2, 0.25) is 5.91 Å². The van der Waals surface area contributed by atoms with Crippen molar-refractivity contribution < 1.29 is 19.1 Å². The van der Waals surface area contributed by atoms with Crippen LogP contribution in [0.1, 0.15) is 57.8 Å². The van der Waals surface area contributed by atoms with Gasteiger partial charge >= 0.3 is 5.97 Å². The Hall–Kier alpha value is -3.10. The topological polar surface area (TPSA) is 118 Å². The maximum atomic E-state index is 12.6. The van der Waals surface area contributed by atoms with E-state index in [2.05, 4.69) is 20.7 Å². The van der Waals surface area contributed by atoms with Gasteiger partial charge in [-0.1, -0.05) is 12.8 Å². The summed E-state index contributed by atoms with van der Waals surface area (Å²) in [4.78, 5) is 39.4. The highest BCUT2D eigenvalue weighted by molar-refractivity contribution is 6.06. The zero-order chi connectivity index (χ0) is 20.3. The maximum Gasteiger partial charge on any atom is 0.339 e. The zero-order valence-electron chi connectivity index (χ0n) is 16.3. The Morgan fingerprint density at radius 3 is 2.68 bits per heavy atom. The van der Waals surface area contributed by atoms with Crippen molar-refractivity contribution in [2.24, 2.45) is 0 Å². The molecule has 2 heterocycles. The van der Waals surface area contributed by atoms with Crippen molar-refractivity contribution in [1.82, 2.24) is 20.1 Å². The Bertz CT molecular complexity index is 892. The van der Waals surface area contributed by atoms with E-state index in [1.165, 1.54) is 18.0 Å². The molecule has 2 aromatic heterocycles. The summed E-state index contributed by atoms with van der Waals surface area (Å²) < 4.78 is 6.23. The second kappa shape index (κ2) is 8.28. The summed E-state index contributed by atoms with van der Waals surface area (Å²) in [6.45, 7) is 3.48. The molecule has 0 aliphatic heterocycles. The number of anilines is 1. The number of nitrogens with one attached hydrogen (secondary N) is 3. The number of methoxy groups -OCH3 is 1. The number of carbonyl (C=O) groups excluding carboxylic acids is 3. The second-order valence-corrected chi connectivity index (χ2v) is 7.05. The molecular weight excluding hydrogens is 362 g/mol. The average Bonchev–Trinajstić information content (AvgIpc) is 3.36. The first-order valence-corrected chi connectivity index (χ1v) is 9.29. The maximum absolute atomic E-state index is 12.6. The van der Waals surface area contributed by atoms with Crippen molar-refractivity contribution in [3.8, 4) is 0 Å². The largest absolute Gasteiger partial charge is 0.465 e. The van der Waals surface area contributed by atoms with Crippen LogP contribution in [0.25, 0.3) is 0 Å². The molecule has 150 valence electrons. The van der Waals surface area contributed by atoms with Gasteiger partial charge in [0.05, 0.1) is 24.6 Å². The summed E-state index contributed by atoms with van der Waals surface area (Å²) >= 11 is 0. The van der Waals surface area contributed by atoms with Crippen LogP contribution in [-0.4, -0.2) is 45.7 Å². The third-order valence-electron chi connectivity index (χ3n) is 4.97. The predicted octanol–water partition coefficient (Wildman–Crippen LogP) is 1.93. The molecule has 1 aliphatic rings. The molecule has 0 spiro atoms. The summed E-state index contributed by atoms with van der Waals surface area (Å²) in [5.74, 6) is -0.983. The lowest BCUT2D eigenvalue weighted by molar-refractivity contribution is -0.122. The molecule has 0 unspecified atom stereocenters. The predicted molar refractivity (Wildman–Crippen MR) is 102 cm³/mol. The molecule has 9 heteroatoms. The number of ether oxygens (including phenoxy) is 1. The minimum absolute atomic E-state index is 0.0913. The minimum atomic E-state index is -0.494. The van der Waals surface area contributed by atoms with E-state index in [-0.39, 0.29) is 24.2 Å². The first-order chi connectivity index (χ1) is 13.4. The smallest absolute Gasteiger partial charge is 0.339 e. The zero-order valence-corrected chi connectivity index (χ0v) is 16.3. The van der Waals surface area contributed by atoms with Gasteiger partial charge in [-0.2, -0.15) is 5.10 Å². The van der Waals surface area contributed by atoms with Gasteiger partial charge in [-0.15, -0.1) is 0 Å². The van der Waals surface area contributed by atoms with Crippen molar-refractivity contribution in [1.29, 1.82) is 0 Å². The van der Waals surface area contributed by atoms with Crippen LogP contribution >= 0.6 is 0 Å². The van der Waals surface area contributed by atoms with E-state index in [4.69, 9.17) is 4.74 Å². The fourth-order valence-electron chi connectivity index (χ4n) is 3.58. The third-order valence-corrected chi connectivity index (χ3v) is 4.97. The lowest BCUT2D eigenvalue weighted by Crippen LogP contribution is -2.35. The Kier molecular flexibility index (Phi) is 5.81. The molecule has 1 fully saturated rings. The molecule has 1 aliphatic carbocycles. The van der Waals surface area contributed by atoms with Crippen molar-refractivity contribution in [2.45, 2.75) is 52.1 Å². The molecule has 2 amide bonds. The minimum Gasteiger partial charge on any atom is -0.465 e. The van der Waals surface area contributed by atoms with Crippen molar-refractivity contribution in [2.75, 3.05) is 12.4 Å². The fourth-order valence-corrected chi connectivity index (χ4v) is 3.58. The summed E-state index contributed by atoms with van der Waals surface area (Å²) in [6, 6.07) is 0.255. The number of hydrogen-bond donors (Lipinski definition) is 3. The highest BCUT2D eigenvalue weighted by Crippen LogP contribution is 2.20. The lowest BCUT2D eigenvalue weighted by atomic mass is 10.1. The van der Waals surface area contributed by atoms with E-state index < -0.39 is 11.9 Å². The number of amides is 2. The van der Waals surface area contributed by atoms with Crippen LogP contribution in [-0.2, 0) is 16.1 Å². The highest BCUT2D eigenvalue weighted by Gasteiger charge is 2.23. The number of esters is 1. The lowest BCUT2D eigenvalue weighted by Gasteiger charge is -2.11. The molecule has 2 aromatic rings. The van der Waals surface area contributed by atoms with Crippen LogP contribution in [0.15, 0.2) is 12.4 Å². The first kappa shape index (κ1) is 19.7. The standard InChI is InChI=1S/C19H25N5O4/c1-11-16(19(27)28-3)12(2)21-17(11)18(26)23-14-8-20-24(9-14)10-15(25)22-13-6-4-5-7-13/h8-9,13,21H,4-7,10H2,1-3H3,(H,22,25)(H,23,26). The van der Waals surface area contributed by atoms with Crippen LogP contribution in [0.3, 0.4) is 0 Å². The Labute approximate surface area is 162 Å².